The lowest BCUT2D eigenvalue weighted by molar-refractivity contribution is -0.289. The minimum Gasteiger partial charge on any atom is -0.460 e. The highest BCUT2D eigenvalue weighted by Crippen LogP contribution is 2.37. The van der Waals surface area contributed by atoms with Crippen molar-refractivity contribution < 1.29 is 38.4 Å². The summed E-state index contributed by atoms with van der Waals surface area (Å²) in [6, 6.07) is -0.335. The molecule has 0 aromatic carbocycles. The molecule has 0 aromatic rings. The van der Waals surface area contributed by atoms with Gasteiger partial charge in [0.25, 0.3) is 0 Å². The van der Waals surface area contributed by atoms with Crippen LogP contribution in [0.25, 0.3) is 0 Å². The minimum absolute atomic E-state index is 0.0774. The van der Waals surface area contributed by atoms with E-state index in [1.807, 2.05) is 70.7 Å². The second kappa shape index (κ2) is 15.0. The zero-order chi connectivity index (χ0) is 34.0. The summed E-state index contributed by atoms with van der Waals surface area (Å²) in [5, 5.41) is 11.2. The smallest absolute Gasteiger partial charge is 0.319 e. The summed E-state index contributed by atoms with van der Waals surface area (Å²) in [4.78, 5) is 48.2. The molecule has 3 aliphatic rings. The third-order valence-corrected chi connectivity index (χ3v) is 10.1. The number of hydrogen-bond acceptors (Lipinski definition) is 11. The van der Waals surface area contributed by atoms with Crippen LogP contribution in [0.15, 0.2) is 0 Å². The highest BCUT2D eigenvalue weighted by atomic mass is 16.7. The van der Waals surface area contributed by atoms with Crippen molar-refractivity contribution in [2.24, 2.45) is 17.3 Å². The number of rotatable bonds is 7. The van der Waals surface area contributed by atoms with Crippen molar-refractivity contribution in [1.29, 1.82) is 0 Å². The predicted molar refractivity (Wildman–Crippen MR) is 171 cm³/mol. The standard InChI is InChI=1S/C33H60N4O8/c1-20-15-33(6,42-12)26(45-30-29(40)24(35(9)10)13-21(2)43-30)14-25(38)32(4,5)31(41)44-22(3)28(36(11)16-20)23-17-37(18-23)27(39)19-34(7)8/h20-24,26,28-30,40H,13-19H2,1-12H3/t20-,21-,22-,24+,26-,28+,29-,30+,33-/m1/s1. The van der Waals surface area contributed by atoms with Gasteiger partial charge in [0.2, 0.25) is 5.91 Å². The highest BCUT2D eigenvalue weighted by Gasteiger charge is 2.49. The number of methoxy groups -OCH3 is 1. The van der Waals surface area contributed by atoms with Crippen molar-refractivity contribution in [3.63, 3.8) is 0 Å². The average molecular weight is 641 g/mol. The Kier molecular flexibility index (Phi) is 12.6. The summed E-state index contributed by atoms with van der Waals surface area (Å²) in [7, 11) is 11.2. The zero-order valence-electron chi connectivity index (χ0n) is 29.7. The molecule has 9 atom stereocenters. The van der Waals surface area contributed by atoms with Gasteiger partial charge in [-0.25, -0.2) is 0 Å². The molecule has 3 heterocycles. The van der Waals surface area contributed by atoms with Gasteiger partial charge in [-0.2, -0.15) is 0 Å². The third kappa shape index (κ3) is 8.82. The molecule has 3 rings (SSSR count). The molecule has 45 heavy (non-hydrogen) atoms. The van der Waals surface area contributed by atoms with Crippen LogP contribution in [-0.4, -0.2) is 159 Å². The number of amides is 1. The Hall–Kier alpha value is -1.67. The minimum atomic E-state index is -1.45. The fraction of sp³-hybridized carbons (Fsp3) is 0.909. The maximum absolute atomic E-state index is 14.0. The second-order valence-corrected chi connectivity index (χ2v) is 15.1. The molecular formula is C33H60N4O8. The van der Waals surface area contributed by atoms with Crippen molar-refractivity contribution in [3.05, 3.63) is 0 Å². The van der Waals surface area contributed by atoms with Crippen molar-refractivity contribution in [1.82, 2.24) is 19.6 Å². The first-order valence-corrected chi connectivity index (χ1v) is 16.4. The lowest BCUT2D eigenvalue weighted by atomic mass is 9.79. The van der Waals surface area contributed by atoms with Gasteiger partial charge in [0, 0.05) is 45.1 Å². The number of aliphatic hydroxyl groups is 1. The zero-order valence-corrected chi connectivity index (χ0v) is 29.7. The first-order chi connectivity index (χ1) is 20.8. The summed E-state index contributed by atoms with van der Waals surface area (Å²) in [5.74, 6) is -0.650. The highest BCUT2D eigenvalue weighted by molar-refractivity contribution is 6.03. The summed E-state index contributed by atoms with van der Waals surface area (Å²) in [6.07, 6.45) is -2.31. The predicted octanol–water partition coefficient (Wildman–Crippen LogP) is 1.48. The molecule has 3 aliphatic heterocycles. The Labute approximate surface area is 270 Å². The second-order valence-electron chi connectivity index (χ2n) is 15.1. The summed E-state index contributed by atoms with van der Waals surface area (Å²) >= 11 is 0. The van der Waals surface area contributed by atoms with E-state index < -0.39 is 41.6 Å². The van der Waals surface area contributed by atoms with Crippen LogP contribution in [0.2, 0.25) is 0 Å². The maximum atomic E-state index is 14.0. The summed E-state index contributed by atoms with van der Waals surface area (Å²) < 4.78 is 24.8. The SMILES string of the molecule is CO[C@]1(C)C[C@@H](C)CN(C)[C@H](C2CN(C(=O)CN(C)C)C2)[C@@H](C)OC(=O)C(C)(C)C(=O)C[C@H]1O[C@@H]1O[C@H](C)C[C@H](N(C)C)[C@H]1O. The molecule has 0 spiro atoms. The van der Waals surface area contributed by atoms with Crippen LogP contribution in [0, 0.1) is 17.3 Å². The van der Waals surface area contributed by atoms with Crippen LogP contribution in [0.4, 0.5) is 0 Å². The molecule has 1 N–H and O–H groups in total. The molecule has 1 amide bonds. The molecule has 0 saturated carbocycles. The van der Waals surface area contributed by atoms with E-state index in [1.165, 1.54) is 0 Å². The monoisotopic (exact) mass is 640 g/mol. The Bertz CT molecular complexity index is 1030. The molecule has 12 nitrogen and oxygen atoms in total. The molecule has 0 aromatic heterocycles. The Morgan fingerprint density at radius 1 is 1.07 bits per heavy atom. The van der Waals surface area contributed by atoms with Crippen molar-refractivity contribution in [3.8, 4) is 0 Å². The van der Waals surface area contributed by atoms with Crippen LogP contribution in [0.1, 0.15) is 60.8 Å². The number of likely N-dealkylation sites (tertiary alicyclic amines) is 1. The Balaban J connectivity index is 1.92. The number of cyclic esters (lactones) is 1. The van der Waals surface area contributed by atoms with E-state index in [9.17, 15) is 19.5 Å². The largest absolute Gasteiger partial charge is 0.460 e. The lowest BCUT2D eigenvalue weighted by Gasteiger charge is -2.49. The first-order valence-electron chi connectivity index (χ1n) is 16.4. The maximum Gasteiger partial charge on any atom is 0.319 e. The normalized spacial score (nSPS) is 37.9. The van der Waals surface area contributed by atoms with E-state index in [-0.39, 0.29) is 48.1 Å². The van der Waals surface area contributed by atoms with E-state index >= 15 is 0 Å². The fourth-order valence-electron chi connectivity index (χ4n) is 7.27. The molecule has 0 radical (unpaired) electrons. The van der Waals surface area contributed by atoms with Gasteiger partial charge < -0.3 is 38.8 Å². The van der Waals surface area contributed by atoms with Crippen LogP contribution >= 0.6 is 0 Å². The quantitative estimate of drug-likeness (QED) is 0.322. The first kappa shape index (κ1) is 37.8. The molecular weight excluding hydrogens is 580 g/mol. The van der Waals surface area contributed by atoms with E-state index in [2.05, 4.69) is 11.8 Å². The van der Waals surface area contributed by atoms with Crippen LogP contribution in [0.3, 0.4) is 0 Å². The third-order valence-electron chi connectivity index (χ3n) is 10.1. The van der Waals surface area contributed by atoms with Crippen molar-refractivity contribution in [2.45, 2.75) is 109 Å². The number of nitrogens with zero attached hydrogens (tertiary/aromatic N) is 4. The number of aliphatic hydroxyl groups excluding tert-OH is 1. The number of esters is 1. The molecule has 3 saturated heterocycles. The number of Topliss-reactive ketones (excluding diaryl/α,β-unsaturated/α-hetero) is 1. The van der Waals surface area contributed by atoms with Crippen molar-refractivity contribution >= 4 is 17.7 Å². The molecule has 3 fully saturated rings. The van der Waals surface area contributed by atoms with E-state index in [4.69, 9.17) is 18.9 Å². The molecule has 12 heteroatoms. The number of carbonyl (C=O) groups is 3. The van der Waals surface area contributed by atoms with Gasteiger partial charge in [0.15, 0.2) is 12.1 Å². The van der Waals surface area contributed by atoms with Gasteiger partial charge in [-0.05, 0) is 88.6 Å². The van der Waals surface area contributed by atoms with Gasteiger partial charge in [-0.3, -0.25) is 19.3 Å². The van der Waals surface area contributed by atoms with Crippen molar-refractivity contribution in [2.75, 3.05) is 68.5 Å². The van der Waals surface area contributed by atoms with Gasteiger partial charge in [0.1, 0.15) is 17.6 Å². The molecule has 0 bridgehead atoms. The van der Waals surface area contributed by atoms with Crippen LogP contribution < -0.4 is 0 Å². The van der Waals surface area contributed by atoms with Gasteiger partial charge >= 0.3 is 5.97 Å². The van der Waals surface area contributed by atoms with Crippen LogP contribution in [0.5, 0.6) is 0 Å². The summed E-state index contributed by atoms with van der Waals surface area (Å²) in [6.45, 7) is 13.2. The lowest BCUT2D eigenvalue weighted by Crippen LogP contribution is -2.62. The number of carbonyl (C=O) groups excluding carboxylic acids is 3. The van der Waals surface area contributed by atoms with E-state index in [1.54, 1.807) is 21.0 Å². The van der Waals surface area contributed by atoms with Crippen LogP contribution in [-0.2, 0) is 33.3 Å². The number of hydrogen-bond donors (Lipinski definition) is 1. The van der Waals surface area contributed by atoms with E-state index in [0.29, 0.717) is 39.0 Å². The molecule has 260 valence electrons. The van der Waals surface area contributed by atoms with Gasteiger partial charge in [-0.1, -0.05) is 6.92 Å². The number of likely N-dealkylation sites (N-methyl/N-ethyl adjacent to an activating group) is 3. The molecule has 0 unspecified atom stereocenters. The van der Waals surface area contributed by atoms with Gasteiger partial charge in [0.05, 0.1) is 30.4 Å². The Morgan fingerprint density at radius 2 is 1.69 bits per heavy atom. The summed E-state index contributed by atoms with van der Waals surface area (Å²) in [5.41, 5.74) is -2.39. The van der Waals surface area contributed by atoms with E-state index in [0.717, 1.165) is 0 Å². The number of ketones is 1. The topological polar surface area (TPSA) is 121 Å². The average Bonchev–Trinajstić information content (AvgIpc) is 2.89. The molecule has 0 aliphatic carbocycles. The fourth-order valence-corrected chi connectivity index (χ4v) is 7.27. The Morgan fingerprint density at radius 3 is 2.24 bits per heavy atom. The number of ether oxygens (including phenoxy) is 4. The van der Waals surface area contributed by atoms with Gasteiger partial charge in [-0.15, -0.1) is 0 Å².